The number of aryl methyl sites for hydroxylation is 1. The average molecular weight is 324 g/mol. The summed E-state index contributed by atoms with van der Waals surface area (Å²) in [6.45, 7) is 6.16. The molecular weight excluding hydrogens is 300 g/mol. The summed E-state index contributed by atoms with van der Waals surface area (Å²) in [5.41, 5.74) is 3.65. The van der Waals surface area contributed by atoms with E-state index in [0.717, 1.165) is 0 Å². The van der Waals surface area contributed by atoms with Gasteiger partial charge in [-0.25, -0.2) is 0 Å². The number of nitrogens with zero attached hydrogens (tertiary/aromatic N) is 1. The lowest BCUT2D eigenvalue weighted by molar-refractivity contribution is -0.120. The van der Waals surface area contributed by atoms with Crippen LogP contribution in [-0.2, 0) is 11.3 Å². The first-order valence-electron chi connectivity index (χ1n) is 8.05. The third-order valence-corrected chi connectivity index (χ3v) is 4.26. The number of likely N-dealkylation sites (N-methyl/N-ethyl adjacent to an activating group) is 1. The minimum absolute atomic E-state index is 0.0178. The number of rotatable bonds is 6. The van der Waals surface area contributed by atoms with Gasteiger partial charge in [-0.3, -0.25) is 14.5 Å². The first kappa shape index (κ1) is 17.9. The smallest absolute Gasteiger partial charge is 0.241 e. The van der Waals surface area contributed by atoms with Gasteiger partial charge >= 0.3 is 0 Å². The zero-order valence-electron chi connectivity index (χ0n) is 14.7. The van der Waals surface area contributed by atoms with Gasteiger partial charge in [-0.15, -0.1) is 0 Å². The van der Waals surface area contributed by atoms with E-state index in [0.29, 0.717) is 17.8 Å². The first-order valence-corrected chi connectivity index (χ1v) is 8.05. The molecule has 24 heavy (non-hydrogen) atoms. The lowest BCUT2D eigenvalue weighted by Crippen LogP contribution is -2.39. The maximum atomic E-state index is 12.5. The van der Waals surface area contributed by atoms with E-state index in [1.54, 1.807) is 24.3 Å². The first-order chi connectivity index (χ1) is 11.4. The van der Waals surface area contributed by atoms with Crippen molar-refractivity contribution < 1.29 is 9.59 Å². The number of hydrogen-bond donors (Lipinski definition) is 1. The average Bonchev–Trinajstić information content (AvgIpc) is 2.56. The second-order valence-corrected chi connectivity index (χ2v) is 6.14. The molecule has 0 aromatic heterocycles. The Morgan fingerprint density at radius 3 is 2.50 bits per heavy atom. The fraction of sp³-hybridized carbons (Fsp3) is 0.300. The fourth-order valence-corrected chi connectivity index (χ4v) is 2.46. The Morgan fingerprint density at radius 1 is 1.12 bits per heavy atom. The molecule has 0 bridgehead atoms. The third-order valence-electron chi connectivity index (χ3n) is 4.26. The molecule has 0 fully saturated rings. The number of amides is 1. The van der Waals surface area contributed by atoms with Crippen LogP contribution < -0.4 is 5.32 Å². The summed E-state index contributed by atoms with van der Waals surface area (Å²) in [4.78, 5) is 25.9. The molecule has 2 rings (SSSR count). The van der Waals surface area contributed by atoms with Crippen molar-refractivity contribution in [1.82, 2.24) is 4.90 Å². The molecule has 126 valence electrons. The van der Waals surface area contributed by atoms with Crippen LogP contribution in [0.2, 0.25) is 0 Å². The highest BCUT2D eigenvalue weighted by Gasteiger charge is 2.19. The molecule has 4 heteroatoms. The molecule has 0 aliphatic carbocycles. The highest BCUT2D eigenvalue weighted by molar-refractivity contribution is 5.98. The number of benzene rings is 2. The fourth-order valence-electron chi connectivity index (χ4n) is 2.46. The predicted octanol–water partition coefficient (Wildman–Crippen LogP) is 3.66. The van der Waals surface area contributed by atoms with Crippen LogP contribution in [0.3, 0.4) is 0 Å². The molecule has 1 atom stereocenters. The Labute approximate surface area is 143 Å². The van der Waals surface area contributed by atoms with E-state index >= 15 is 0 Å². The van der Waals surface area contributed by atoms with Crippen molar-refractivity contribution in [2.75, 3.05) is 12.4 Å². The summed E-state index contributed by atoms with van der Waals surface area (Å²) >= 11 is 0. The van der Waals surface area contributed by atoms with E-state index in [-0.39, 0.29) is 17.7 Å². The quantitative estimate of drug-likeness (QED) is 0.825. The molecule has 2 aromatic carbocycles. The third kappa shape index (κ3) is 4.52. The monoisotopic (exact) mass is 324 g/mol. The number of anilines is 1. The van der Waals surface area contributed by atoms with Crippen LogP contribution in [0.1, 0.15) is 35.3 Å². The van der Waals surface area contributed by atoms with Crippen molar-refractivity contribution in [1.29, 1.82) is 0 Å². The Bertz CT molecular complexity index is 740. The largest absolute Gasteiger partial charge is 0.325 e. The van der Waals surface area contributed by atoms with E-state index in [9.17, 15) is 9.59 Å². The highest BCUT2D eigenvalue weighted by atomic mass is 16.2. The van der Waals surface area contributed by atoms with Crippen LogP contribution in [0, 0.1) is 6.92 Å². The summed E-state index contributed by atoms with van der Waals surface area (Å²) < 4.78 is 0. The number of carbonyl (C=O) groups is 2. The zero-order chi connectivity index (χ0) is 17.7. The molecule has 1 N–H and O–H groups in total. The Hall–Kier alpha value is -2.46. The molecule has 0 heterocycles. The topological polar surface area (TPSA) is 49.4 Å². The van der Waals surface area contributed by atoms with Gasteiger partial charge in [-0.05, 0) is 51.1 Å². The summed E-state index contributed by atoms with van der Waals surface area (Å²) in [5, 5.41) is 2.89. The van der Waals surface area contributed by atoms with Crippen molar-refractivity contribution in [3.8, 4) is 0 Å². The zero-order valence-corrected chi connectivity index (χ0v) is 14.7. The molecule has 0 aliphatic heterocycles. The van der Waals surface area contributed by atoms with E-state index in [1.165, 1.54) is 18.1 Å². The molecule has 2 aromatic rings. The number of ketones is 1. The van der Waals surface area contributed by atoms with Crippen molar-refractivity contribution >= 4 is 17.4 Å². The molecular formula is C20H24N2O2. The van der Waals surface area contributed by atoms with Gasteiger partial charge in [0.1, 0.15) is 0 Å². The molecule has 0 aliphatic rings. The maximum Gasteiger partial charge on any atom is 0.241 e. The summed E-state index contributed by atoms with van der Waals surface area (Å²) in [5.74, 6) is -0.109. The molecule has 1 amide bonds. The number of hydrogen-bond acceptors (Lipinski definition) is 3. The van der Waals surface area contributed by atoms with Gasteiger partial charge in [0.15, 0.2) is 5.78 Å². The van der Waals surface area contributed by atoms with Crippen molar-refractivity contribution in [2.45, 2.75) is 33.4 Å². The lowest BCUT2D eigenvalue weighted by Gasteiger charge is -2.24. The van der Waals surface area contributed by atoms with Crippen molar-refractivity contribution in [2.24, 2.45) is 0 Å². The van der Waals surface area contributed by atoms with Gasteiger partial charge in [-0.1, -0.05) is 36.4 Å². The Balaban J connectivity index is 2.02. The van der Waals surface area contributed by atoms with E-state index in [4.69, 9.17) is 0 Å². The summed E-state index contributed by atoms with van der Waals surface area (Å²) in [6, 6.07) is 14.9. The van der Waals surface area contributed by atoms with Crippen LogP contribution in [0.15, 0.2) is 48.5 Å². The molecule has 4 nitrogen and oxygen atoms in total. The molecule has 0 saturated carbocycles. The van der Waals surface area contributed by atoms with Gasteiger partial charge in [0.25, 0.3) is 0 Å². The highest BCUT2D eigenvalue weighted by Crippen LogP contribution is 2.14. The number of Topliss-reactive ketones (excluding diaryl/α,β-unsaturated/α-hetero) is 1. The van der Waals surface area contributed by atoms with E-state index < -0.39 is 0 Å². The van der Waals surface area contributed by atoms with Gasteiger partial charge in [0.05, 0.1) is 6.04 Å². The summed E-state index contributed by atoms with van der Waals surface area (Å²) in [7, 11) is 1.93. The van der Waals surface area contributed by atoms with Crippen molar-refractivity contribution in [3.05, 3.63) is 65.2 Å². The minimum atomic E-state index is -0.286. The molecule has 0 spiro atoms. The van der Waals surface area contributed by atoms with Crippen LogP contribution >= 0.6 is 0 Å². The van der Waals surface area contributed by atoms with Crippen molar-refractivity contribution in [3.63, 3.8) is 0 Å². The minimum Gasteiger partial charge on any atom is -0.325 e. The number of carbonyl (C=O) groups excluding carboxylic acids is 2. The van der Waals surface area contributed by atoms with Crippen LogP contribution in [0.5, 0.6) is 0 Å². The number of nitrogens with one attached hydrogen (secondary N) is 1. The maximum absolute atomic E-state index is 12.5. The second-order valence-electron chi connectivity index (χ2n) is 6.14. The van der Waals surface area contributed by atoms with E-state index in [1.807, 2.05) is 31.0 Å². The van der Waals surface area contributed by atoms with Crippen LogP contribution in [-0.4, -0.2) is 29.7 Å². The second kappa shape index (κ2) is 7.88. The van der Waals surface area contributed by atoms with Crippen LogP contribution in [0.25, 0.3) is 0 Å². The van der Waals surface area contributed by atoms with Gasteiger partial charge in [-0.2, -0.15) is 0 Å². The lowest BCUT2D eigenvalue weighted by atomic mass is 10.1. The Kier molecular flexibility index (Phi) is 5.88. The summed E-state index contributed by atoms with van der Waals surface area (Å²) in [6.07, 6.45) is 0. The molecule has 0 radical (unpaired) electrons. The van der Waals surface area contributed by atoms with Gasteiger partial charge in [0, 0.05) is 17.8 Å². The van der Waals surface area contributed by atoms with Gasteiger partial charge < -0.3 is 5.32 Å². The molecule has 0 unspecified atom stereocenters. The van der Waals surface area contributed by atoms with Gasteiger partial charge in [0.2, 0.25) is 5.91 Å². The van der Waals surface area contributed by atoms with E-state index in [2.05, 4.69) is 24.4 Å². The SMILES string of the molecule is CC(=O)c1cccc(NC(=O)[C@H](C)N(C)Cc2ccccc2C)c1. The molecule has 0 saturated heterocycles. The predicted molar refractivity (Wildman–Crippen MR) is 97.2 cm³/mol. The van der Waals surface area contributed by atoms with Crippen LogP contribution in [0.4, 0.5) is 5.69 Å². The standard InChI is InChI=1S/C20H24N2O2/c1-14-8-5-6-9-18(14)13-22(4)15(2)20(24)21-19-11-7-10-17(12-19)16(3)23/h5-12,15H,13H2,1-4H3,(H,21,24)/t15-/m0/s1. The Morgan fingerprint density at radius 2 is 1.83 bits per heavy atom. The normalized spacial score (nSPS) is 12.0.